The molecule has 1 aromatic carbocycles. The second kappa shape index (κ2) is 6.60. The number of halogens is 2. The third kappa shape index (κ3) is 3.35. The third-order valence-electron chi connectivity index (χ3n) is 3.26. The zero-order valence-corrected chi connectivity index (χ0v) is 11.7. The molecule has 0 aliphatic rings. The van der Waals surface area contributed by atoms with Crippen LogP contribution >= 0.6 is 23.2 Å². The SMILES string of the molecule is CCC(C)C(O)C(CN)c1c(Cl)cccc1Cl. The van der Waals surface area contributed by atoms with E-state index >= 15 is 0 Å². The summed E-state index contributed by atoms with van der Waals surface area (Å²) >= 11 is 12.3. The van der Waals surface area contributed by atoms with E-state index in [0.717, 1.165) is 12.0 Å². The molecule has 0 heterocycles. The maximum Gasteiger partial charge on any atom is 0.0647 e. The lowest BCUT2D eigenvalue weighted by atomic mass is 9.85. The highest BCUT2D eigenvalue weighted by atomic mass is 35.5. The van der Waals surface area contributed by atoms with Crippen LogP contribution in [-0.2, 0) is 0 Å². The molecule has 1 aromatic rings. The van der Waals surface area contributed by atoms with E-state index in [1.807, 2.05) is 13.8 Å². The fourth-order valence-corrected chi connectivity index (χ4v) is 2.61. The highest BCUT2D eigenvalue weighted by Crippen LogP contribution is 2.35. The zero-order valence-electron chi connectivity index (χ0n) is 10.2. The minimum absolute atomic E-state index is 0.163. The molecule has 4 heteroatoms. The van der Waals surface area contributed by atoms with Gasteiger partial charge in [-0.2, -0.15) is 0 Å². The van der Waals surface area contributed by atoms with E-state index in [4.69, 9.17) is 28.9 Å². The van der Waals surface area contributed by atoms with Crippen molar-refractivity contribution in [3.63, 3.8) is 0 Å². The lowest BCUT2D eigenvalue weighted by molar-refractivity contribution is 0.0886. The van der Waals surface area contributed by atoms with Gasteiger partial charge in [-0.15, -0.1) is 0 Å². The fraction of sp³-hybridized carbons (Fsp3) is 0.538. The van der Waals surface area contributed by atoms with Crippen molar-refractivity contribution < 1.29 is 5.11 Å². The summed E-state index contributed by atoms with van der Waals surface area (Å²) < 4.78 is 0. The third-order valence-corrected chi connectivity index (χ3v) is 3.92. The van der Waals surface area contributed by atoms with Gasteiger partial charge >= 0.3 is 0 Å². The summed E-state index contributed by atoms with van der Waals surface area (Å²) in [6.45, 7) is 4.36. The van der Waals surface area contributed by atoms with Crippen LogP contribution in [0.4, 0.5) is 0 Å². The lowest BCUT2D eigenvalue weighted by Crippen LogP contribution is -2.31. The van der Waals surface area contributed by atoms with Gasteiger partial charge in [-0.1, -0.05) is 49.5 Å². The molecular formula is C13H19Cl2NO. The van der Waals surface area contributed by atoms with Gasteiger partial charge in [0.2, 0.25) is 0 Å². The average molecular weight is 276 g/mol. The first-order valence-corrected chi connectivity index (χ1v) is 6.60. The van der Waals surface area contributed by atoms with Gasteiger partial charge in [0.15, 0.2) is 0 Å². The first kappa shape index (κ1) is 14.8. The monoisotopic (exact) mass is 275 g/mol. The second-order valence-corrected chi connectivity index (χ2v) is 5.17. The second-order valence-electron chi connectivity index (χ2n) is 4.35. The van der Waals surface area contributed by atoms with Crippen LogP contribution in [0, 0.1) is 5.92 Å². The largest absolute Gasteiger partial charge is 0.392 e. The van der Waals surface area contributed by atoms with E-state index in [1.54, 1.807) is 18.2 Å². The molecule has 3 unspecified atom stereocenters. The average Bonchev–Trinajstić information content (AvgIpc) is 2.32. The first-order chi connectivity index (χ1) is 8.02. The minimum Gasteiger partial charge on any atom is -0.392 e. The van der Waals surface area contributed by atoms with E-state index in [1.165, 1.54) is 0 Å². The molecule has 0 bridgehead atoms. The molecule has 2 nitrogen and oxygen atoms in total. The topological polar surface area (TPSA) is 46.2 Å². The van der Waals surface area contributed by atoms with Gasteiger partial charge in [-0.3, -0.25) is 0 Å². The van der Waals surface area contributed by atoms with E-state index < -0.39 is 6.10 Å². The zero-order chi connectivity index (χ0) is 13.0. The molecule has 17 heavy (non-hydrogen) atoms. The summed E-state index contributed by atoms with van der Waals surface area (Å²) in [5.41, 5.74) is 6.51. The van der Waals surface area contributed by atoms with Crippen molar-refractivity contribution in [1.82, 2.24) is 0 Å². The van der Waals surface area contributed by atoms with Crippen molar-refractivity contribution in [3.05, 3.63) is 33.8 Å². The molecule has 1 rings (SSSR count). The van der Waals surface area contributed by atoms with Gasteiger partial charge in [0.1, 0.15) is 0 Å². The number of rotatable bonds is 5. The van der Waals surface area contributed by atoms with Crippen LogP contribution in [0.25, 0.3) is 0 Å². The Morgan fingerprint density at radius 3 is 2.24 bits per heavy atom. The summed E-state index contributed by atoms with van der Waals surface area (Å²) in [4.78, 5) is 0. The Kier molecular flexibility index (Phi) is 5.74. The van der Waals surface area contributed by atoms with Crippen LogP contribution in [0.15, 0.2) is 18.2 Å². The predicted molar refractivity (Wildman–Crippen MR) is 73.7 cm³/mol. The first-order valence-electron chi connectivity index (χ1n) is 5.84. The van der Waals surface area contributed by atoms with Gasteiger partial charge in [-0.05, 0) is 23.6 Å². The van der Waals surface area contributed by atoms with Gasteiger partial charge < -0.3 is 10.8 Å². The number of hydrogen-bond donors (Lipinski definition) is 2. The standard InChI is InChI=1S/C13H19Cl2NO/c1-3-8(2)13(17)9(7-16)12-10(14)5-4-6-11(12)15/h4-6,8-9,13,17H,3,7,16H2,1-2H3. The van der Waals surface area contributed by atoms with Gasteiger partial charge in [0.25, 0.3) is 0 Å². The van der Waals surface area contributed by atoms with Gasteiger partial charge in [0.05, 0.1) is 6.10 Å². The van der Waals surface area contributed by atoms with Gasteiger partial charge in [-0.25, -0.2) is 0 Å². The molecule has 0 aromatic heterocycles. The van der Waals surface area contributed by atoms with Crippen molar-refractivity contribution in [1.29, 1.82) is 0 Å². The Morgan fingerprint density at radius 1 is 1.29 bits per heavy atom. The maximum absolute atomic E-state index is 10.3. The van der Waals surface area contributed by atoms with Crippen molar-refractivity contribution >= 4 is 23.2 Å². The summed E-state index contributed by atoms with van der Waals surface area (Å²) in [6, 6.07) is 5.33. The van der Waals surface area contributed by atoms with E-state index in [0.29, 0.717) is 16.6 Å². The minimum atomic E-state index is -0.526. The summed E-state index contributed by atoms with van der Waals surface area (Å²) in [5.74, 6) is -0.0537. The smallest absolute Gasteiger partial charge is 0.0647 e. The Balaban J connectivity index is 3.09. The molecule has 3 N–H and O–H groups in total. The molecular weight excluding hydrogens is 257 g/mol. The Bertz CT molecular complexity index is 350. The lowest BCUT2D eigenvalue weighted by Gasteiger charge is -2.27. The number of hydrogen-bond acceptors (Lipinski definition) is 2. The summed E-state index contributed by atoms with van der Waals surface area (Å²) in [5, 5.41) is 11.4. The van der Waals surface area contributed by atoms with E-state index in [-0.39, 0.29) is 11.8 Å². The molecule has 0 saturated carbocycles. The molecule has 0 aliphatic heterocycles. The van der Waals surface area contributed by atoms with Crippen molar-refractivity contribution in [2.24, 2.45) is 11.7 Å². The van der Waals surface area contributed by atoms with Crippen LogP contribution in [0.5, 0.6) is 0 Å². The van der Waals surface area contributed by atoms with Crippen LogP contribution in [0.1, 0.15) is 31.7 Å². The highest BCUT2D eigenvalue weighted by Gasteiger charge is 2.27. The fourth-order valence-electron chi connectivity index (χ4n) is 1.93. The number of benzene rings is 1. The molecule has 0 saturated heterocycles. The van der Waals surface area contributed by atoms with Crippen molar-refractivity contribution in [3.8, 4) is 0 Å². The molecule has 0 radical (unpaired) electrons. The van der Waals surface area contributed by atoms with Crippen LogP contribution in [-0.4, -0.2) is 17.8 Å². The van der Waals surface area contributed by atoms with Crippen molar-refractivity contribution in [2.45, 2.75) is 32.3 Å². The van der Waals surface area contributed by atoms with Crippen molar-refractivity contribution in [2.75, 3.05) is 6.54 Å². The van der Waals surface area contributed by atoms with E-state index in [2.05, 4.69) is 0 Å². The number of aliphatic hydroxyl groups excluding tert-OH is 1. The van der Waals surface area contributed by atoms with Crippen LogP contribution in [0.2, 0.25) is 10.0 Å². The van der Waals surface area contributed by atoms with Crippen LogP contribution in [0.3, 0.4) is 0 Å². The normalized spacial score (nSPS) is 16.6. The number of aliphatic hydroxyl groups is 1. The Morgan fingerprint density at radius 2 is 1.82 bits per heavy atom. The summed E-state index contributed by atoms with van der Waals surface area (Å²) in [6.07, 6.45) is 0.363. The molecule has 0 fully saturated rings. The van der Waals surface area contributed by atoms with Gasteiger partial charge in [0, 0.05) is 22.5 Å². The van der Waals surface area contributed by atoms with E-state index in [9.17, 15) is 5.11 Å². The molecule has 0 aliphatic carbocycles. The maximum atomic E-state index is 10.3. The predicted octanol–water partition coefficient (Wildman–Crippen LogP) is 3.44. The molecule has 96 valence electrons. The summed E-state index contributed by atoms with van der Waals surface area (Å²) in [7, 11) is 0. The highest BCUT2D eigenvalue weighted by molar-refractivity contribution is 6.36. The molecule has 0 spiro atoms. The van der Waals surface area contributed by atoms with Crippen LogP contribution < -0.4 is 5.73 Å². The Hall–Kier alpha value is -0.280. The number of nitrogens with two attached hydrogens (primary N) is 1. The molecule has 3 atom stereocenters. The molecule has 0 amide bonds. The Labute approximate surface area is 113 Å². The quantitative estimate of drug-likeness (QED) is 0.865.